The summed E-state index contributed by atoms with van der Waals surface area (Å²) < 4.78 is 8.81. The van der Waals surface area contributed by atoms with Gasteiger partial charge in [0.2, 0.25) is 0 Å². The molecule has 0 spiro atoms. The minimum absolute atomic E-state index is 0.281. The van der Waals surface area contributed by atoms with Gasteiger partial charge in [0.1, 0.15) is 5.75 Å². The predicted octanol–water partition coefficient (Wildman–Crippen LogP) is 3.38. The van der Waals surface area contributed by atoms with Gasteiger partial charge in [-0.05, 0) is 47.4 Å². The summed E-state index contributed by atoms with van der Waals surface area (Å²) in [5, 5.41) is 6.60. The highest BCUT2D eigenvalue weighted by Gasteiger charge is 2.09. The van der Waals surface area contributed by atoms with Crippen LogP contribution in [0.15, 0.2) is 54.7 Å². The van der Waals surface area contributed by atoms with Gasteiger partial charge in [0.25, 0.3) is 5.91 Å². The molecule has 0 saturated heterocycles. The second kappa shape index (κ2) is 7.01. The number of hydrogen-bond donors (Lipinski definition) is 1. The number of benzene rings is 2. The van der Waals surface area contributed by atoms with Crippen LogP contribution in [-0.2, 0) is 4.79 Å². The number of carbonyl (C=O) groups excluding carboxylic acids is 2. The Bertz CT molecular complexity index is 861. The summed E-state index contributed by atoms with van der Waals surface area (Å²) in [6, 6.07) is 13.9. The number of anilines is 1. The number of aromatic nitrogens is 2. The van der Waals surface area contributed by atoms with Crippen molar-refractivity contribution in [1.82, 2.24) is 9.59 Å². The highest BCUT2D eigenvalue weighted by molar-refractivity contribution is 7.09. The molecule has 7 heteroatoms. The van der Waals surface area contributed by atoms with Gasteiger partial charge in [0.15, 0.2) is 0 Å². The SMILES string of the molecule is CC(=O)Oc1cccc(C(=O)Nc2ccc(-c3cnns3)cc2)c1. The number of amides is 1. The van der Waals surface area contributed by atoms with Gasteiger partial charge in [-0.1, -0.05) is 22.7 Å². The molecular formula is C17H13N3O3S. The van der Waals surface area contributed by atoms with E-state index in [1.54, 1.807) is 24.4 Å². The summed E-state index contributed by atoms with van der Waals surface area (Å²) in [6.07, 6.45) is 1.69. The van der Waals surface area contributed by atoms with E-state index in [-0.39, 0.29) is 5.91 Å². The maximum absolute atomic E-state index is 12.3. The van der Waals surface area contributed by atoms with Crippen LogP contribution in [0.2, 0.25) is 0 Å². The van der Waals surface area contributed by atoms with Crippen LogP contribution in [0.5, 0.6) is 5.75 Å². The third-order valence-electron chi connectivity index (χ3n) is 3.15. The third kappa shape index (κ3) is 3.82. The lowest BCUT2D eigenvalue weighted by atomic mass is 10.1. The Labute approximate surface area is 142 Å². The molecule has 0 unspecified atom stereocenters. The summed E-state index contributed by atoms with van der Waals surface area (Å²) in [5.74, 6) is -0.375. The largest absolute Gasteiger partial charge is 0.427 e. The first-order chi connectivity index (χ1) is 11.6. The van der Waals surface area contributed by atoms with E-state index in [1.807, 2.05) is 24.3 Å². The standard InChI is InChI=1S/C17H13N3O3S/c1-11(21)23-15-4-2-3-13(9-15)17(22)19-14-7-5-12(6-8-14)16-10-18-20-24-16/h2-10H,1H3,(H,19,22). The Kier molecular flexibility index (Phi) is 4.62. The molecule has 1 aromatic heterocycles. The average Bonchev–Trinajstić information content (AvgIpc) is 3.09. The van der Waals surface area contributed by atoms with Gasteiger partial charge >= 0.3 is 5.97 Å². The normalized spacial score (nSPS) is 10.2. The van der Waals surface area contributed by atoms with Crippen LogP contribution >= 0.6 is 11.5 Å². The molecular weight excluding hydrogens is 326 g/mol. The van der Waals surface area contributed by atoms with Crippen LogP contribution in [-0.4, -0.2) is 21.5 Å². The number of esters is 1. The van der Waals surface area contributed by atoms with Crippen LogP contribution < -0.4 is 10.1 Å². The van der Waals surface area contributed by atoms with E-state index in [1.165, 1.54) is 24.5 Å². The van der Waals surface area contributed by atoms with Crippen molar-refractivity contribution < 1.29 is 14.3 Å². The van der Waals surface area contributed by atoms with E-state index in [0.717, 1.165) is 10.4 Å². The molecule has 1 amide bonds. The fourth-order valence-electron chi connectivity index (χ4n) is 2.08. The van der Waals surface area contributed by atoms with Crippen LogP contribution in [0, 0.1) is 0 Å². The Morgan fingerprint density at radius 3 is 2.58 bits per heavy atom. The van der Waals surface area contributed by atoms with Gasteiger partial charge in [-0.3, -0.25) is 9.59 Å². The zero-order chi connectivity index (χ0) is 16.9. The Morgan fingerprint density at radius 2 is 1.92 bits per heavy atom. The van der Waals surface area contributed by atoms with Gasteiger partial charge < -0.3 is 10.1 Å². The van der Waals surface area contributed by atoms with Crippen molar-refractivity contribution in [3.05, 3.63) is 60.3 Å². The fourth-order valence-corrected chi connectivity index (χ4v) is 2.60. The summed E-state index contributed by atoms with van der Waals surface area (Å²) in [5.41, 5.74) is 2.06. The predicted molar refractivity (Wildman–Crippen MR) is 91.0 cm³/mol. The van der Waals surface area contributed by atoms with Gasteiger partial charge in [-0.2, -0.15) is 0 Å². The maximum atomic E-state index is 12.3. The Balaban J connectivity index is 1.71. The summed E-state index contributed by atoms with van der Waals surface area (Å²) in [7, 11) is 0. The molecule has 120 valence electrons. The second-order valence-corrected chi connectivity index (χ2v) is 5.72. The number of nitrogens with one attached hydrogen (secondary N) is 1. The van der Waals surface area contributed by atoms with Crippen molar-refractivity contribution in [1.29, 1.82) is 0 Å². The number of nitrogens with zero attached hydrogens (tertiary/aromatic N) is 2. The van der Waals surface area contributed by atoms with Gasteiger partial charge in [-0.25, -0.2) is 0 Å². The number of ether oxygens (including phenoxy) is 1. The van der Waals surface area contributed by atoms with E-state index < -0.39 is 5.97 Å². The lowest BCUT2D eigenvalue weighted by Gasteiger charge is -2.07. The van der Waals surface area contributed by atoms with Crippen LogP contribution in [0.4, 0.5) is 5.69 Å². The Morgan fingerprint density at radius 1 is 1.12 bits per heavy atom. The fraction of sp³-hybridized carbons (Fsp3) is 0.0588. The number of carbonyl (C=O) groups is 2. The molecule has 24 heavy (non-hydrogen) atoms. The monoisotopic (exact) mass is 339 g/mol. The third-order valence-corrected chi connectivity index (χ3v) is 3.86. The Hall–Kier alpha value is -3.06. The molecule has 0 saturated carbocycles. The molecule has 0 aliphatic rings. The topological polar surface area (TPSA) is 81.2 Å². The van der Waals surface area contributed by atoms with Crippen LogP contribution in [0.1, 0.15) is 17.3 Å². The van der Waals surface area contributed by atoms with Crippen molar-refractivity contribution >= 4 is 29.1 Å². The molecule has 0 fully saturated rings. The molecule has 0 bridgehead atoms. The second-order valence-electron chi connectivity index (χ2n) is 4.93. The maximum Gasteiger partial charge on any atom is 0.308 e. The van der Waals surface area contributed by atoms with Gasteiger partial charge in [0, 0.05) is 18.2 Å². The molecule has 1 N–H and O–H groups in total. The van der Waals surface area contributed by atoms with Crippen molar-refractivity contribution in [2.75, 3.05) is 5.32 Å². The zero-order valence-corrected chi connectivity index (χ0v) is 13.5. The molecule has 0 aliphatic carbocycles. The lowest BCUT2D eigenvalue weighted by molar-refractivity contribution is -0.131. The smallest absolute Gasteiger partial charge is 0.308 e. The van der Waals surface area contributed by atoms with Crippen LogP contribution in [0.25, 0.3) is 10.4 Å². The molecule has 2 aromatic carbocycles. The quantitative estimate of drug-likeness (QED) is 0.582. The highest BCUT2D eigenvalue weighted by atomic mass is 32.1. The minimum Gasteiger partial charge on any atom is -0.427 e. The summed E-state index contributed by atoms with van der Waals surface area (Å²) in [6.45, 7) is 1.31. The first kappa shape index (κ1) is 15.8. The zero-order valence-electron chi connectivity index (χ0n) is 12.7. The molecule has 3 rings (SSSR count). The van der Waals surface area contributed by atoms with Crippen molar-refractivity contribution in [3.8, 4) is 16.2 Å². The molecule has 0 radical (unpaired) electrons. The lowest BCUT2D eigenvalue weighted by Crippen LogP contribution is -2.12. The molecule has 0 atom stereocenters. The first-order valence-corrected chi connectivity index (χ1v) is 7.87. The highest BCUT2D eigenvalue weighted by Crippen LogP contribution is 2.23. The van der Waals surface area contributed by atoms with Crippen molar-refractivity contribution in [3.63, 3.8) is 0 Å². The molecule has 0 aliphatic heterocycles. The van der Waals surface area contributed by atoms with Gasteiger partial charge in [-0.15, -0.1) is 5.10 Å². The van der Waals surface area contributed by atoms with Crippen molar-refractivity contribution in [2.45, 2.75) is 6.92 Å². The first-order valence-electron chi connectivity index (χ1n) is 7.09. The summed E-state index contributed by atoms with van der Waals surface area (Å²) >= 11 is 1.31. The molecule has 6 nitrogen and oxygen atoms in total. The number of rotatable bonds is 4. The van der Waals surface area contributed by atoms with Gasteiger partial charge in [0.05, 0.1) is 11.1 Å². The average molecular weight is 339 g/mol. The minimum atomic E-state index is -0.430. The van der Waals surface area contributed by atoms with E-state index in [2.05, 4.69) is 14.9 Å². The van der Waals surface area contributed by atoms with E-state index in [4.69, 9.17) is 4.74 Å². The van der Waals surface area contributed by atoms with Crippen LogP contribution in [0.3, 0.4) is 0 Å². The number of hydrogen-bond acceptors (Lipinski definition) is 6. The van der Waals surface area contributed by atoms with Crippen molar-refractivity contribution in [2.24, 2.45) is 0 Å². The molecule has 3 aromatic rings. The summed E-state index contributed by atoms with van der Waals surface area (Å²) in [4.78, 5) is 24.2. The molecule has 1 heterocycles. The van der Waals surface area contributed by atoms with E-state index >= 15 is 0 Å². The van der Waals surface area contributed by atoms with E-state index in [0.29, 0.717) is 17.0 Å². The van der Waals surface area contributed by atoms with E-state index in [9.17, 15) is 9.59 Å².